The van der Waals surface area contributed by atoms with Gasteiger partial charge in [-0.05, 0) is 38.8 Å². The molecule has 0 aliphatic carbocycles. The fraction of sp³-hybridized carbons (Fsp3) is 0.533. The molecule has 1 aliphatic rings. The number of likely N-dealkylation sites (tertiary alicyclic amines) is 1. The average molecular weight is 307 g/mol. The Balaban J connectivity index is 2.04. The molecule has 7 nitrogen and oxygen atoms in total. The van der Waals surface area contributed by atoms with Gasteiger partial charge in [0.25, 0.3) is 0 Å². The highest BCUT2D eigenvalue weighted by Crippen LogP contribution is 2.23. The molecule has 1 aromatic rings. The SMILES string of the molecule is CC(C)Oc1ncccc1NC(=O)N1CCCC(C(=O)O)C1. The number of nitrogens with one attached hydrogen (secondary N) is 1. The number of rotatable bonds is 4. The lowest BCUT2D eigenvalue weighted by molar-refractivity contribution is -0.143. The number of aliphatic carboxylic acids is 1. The maximum atomic E-state index is 12.3. The number of urea groups is 1. The van der Waals surface area contributed by atoms with Crippen molar-refractivity contribution in [3.05, 3.63) is 18.3 Å². The van der Waals surface area contributed by atoms with E-state index >= 15 is 0 Å². The number of pyridine rings is 1. The van der Waals surface area contributed by atoms with E-state index < -0.39 is 11.9 Å². The Morgan fingerprint density at radius 2 is 2.27 bits per heavy atom. The lowest BCUT2D eigenvalue weighted by Gasteiger charge is -2.30. The van der Waals surface area contributed by atoms with Crippen LogP contribution in [0.4, 0.5) is 10.5 Å². The van der Waals surface area contributed by atoms with E-state index in [2.05, 4.69) is 10.3 Å². The smallest absolute Gasteiger partial charge is 0.322 e. The third kappa shape index (κ3) is 4.09. The van der Waals surface area contributed by atoms with Gasteiger partial charge >= 0.3 is 12.0 Å². The number of anilines is 1. The van der Waals surface area contributed by atoms with E-state index in [0.29, 0.717) is 31.0 Å². The molecular formula is C15H21N3O4. The van der Waals surface area contributed by atoms with E-state index in [0.717, 1.165) is 0 Å². The van der Waals surface area contributed by atoms with Crippen molar-refractivity contribution in [3.63, 3.8) is 0 Å². The molecule has 0 spiro atoms. The van der Waals surface area contributed by atoms with Crippen molar-refractivity contribution < 1.29 is 19.4 Å². The van der Waals surface area contributed by atoms with Crippen LogP contribution in [0.3, 0.4) is 0 Å². The molecule has 0 aromatic carbocycles. The Kier molecular flexibility index (Phi) is 5.19. The molecule has 22 heavy (non-hydrogen) atoms. The van der Waals surface area contributed by atoms with Crippen LogP contribution in [0.25, 0.3) is 0 Å². The minimum Gasteiger partial charge on any atom is -0.481 e. The Labute approximate surface area is 129 Å². The monoisotopic (exact) mass is 307 g/mol. The lowest BCUT2D eigenvalue weighted by Crippen LogP contribution is -2.44. The second kappa shape index (κ2) is 7.11. The highest BCUT2D eigenvalue weighted by molar-refractivity contribution is 5.91. The third-order valence-electron chi connectivity index (χ3n) is 3.42. The summed E-state index contributed by atoms with van der Waals surface area (Å²) in [4.78, 5) is 29.0. The van der Waals surface area contributed by atoms with Crippen molar-refractivity contribution in [1.29, 1.82) is 0 Å². The summed E-state index contributed by atoms with van der Waals surface area (Å²) in [5.74, 6) is -1.000. The summed E-state index contributed by atoms with van der Waals surface area (Å²) >= 11 is 0. The number of carbonyl (C=O) groups is 2. The first kappa shape index (κ1) is 16.1. The van der Waals surface area contributed by atoms with Gasteiger partial charge in [-0.1, -0.05) is 0 Å². The first-order valence-electron chi connectivity index (χ1n) is 7.37. The van der Waals surface area contributed by atoms with E-state index in [1.165, 1.54) is 4.90 Å². The van der Waals surface area contributed by atoms with Gasteiger partial charge in [-0.15, -0.1) is 0 Å². The van der Waals surface area contributed by atoms with Crippen LogP contribution in [0.1, 0.15) is 26.7 Å². The highest BCUT2D eigenvalue weighted by Gasteiger charge is 2.28. The molecule has 0 saturated carbocycles. The zero-order chi connectivity index (χ0) is 16.1. The van der Waals surface area contributed by atoms with Gasteiger partial charge in [0.2, 0.25) is 5.88 Å². The van der Waals surface area contributed by atoms with Crippen LogP contribution >= 0.6 is 0 Å². The largest absolute Gasteiger partial charge is 0.481 e. The number of carbonyl (C=O) groups excluding carboxylic acids is 1. The van der Waals surface area contributed by atoms with Crippen molar-refractivity contribution in [2.75, 3.05) is 18.4 Å². The Bertz CT molecular complexity index is 547. The van der Waals surface area contributed by atoms with E-state index in [9.17, 15) is 9.59 Å². The first-order chi connectivity index (χ1) is 10.5. The summed E-state index contributed by atoms with van der Waals surface area (Å²) < 4.78 is 5.55. The quantitative estimate of drug-likeness (QED) is 0.889. The van der Waals surface area contributed by atoms with Gasteiger partial charge in [0.1, 0.15) is 5.69 Å². The van der Waals surface area contributed by atoms with Crippen molar-refractivity contribution in [2.24, 2.45) is 5.92 Å². The zero-order valence-corrected chi connectivity index (χ0v) is 12.8. The van der Waals surface area contributed by atoms with E-state index in [1.54, 1.807) is 18.3 Å². The number of piperidine rings is 1. The predicted molar refractivity (Wildman–Crippen MR) is 81.0 cm³/mol. The number of aromatic nitrogens is 1. The van der Waals surface area contributed by atoms with Gasteiger partial charge in [-0.2, -0.15) is 0 Å². The van der Waals surface area contributed by atoms with Gasteiger partial charge in [0.05, 0.1) is 12.0 Å². The number of carboxylic acids is 1. The molecule has 1 unspecified atom stereocenters. The zero-order valence-electron chi connectivity index (χ0n) is 12.8. The van der Waals surface area contributed by atoms with Gasteiger partial charge in [0.15, 0.2) is 0 Å². The lowest BCUT2D eigenvalue weighted by atomic mass is 9.99. The fourth-order valence-electron chi connectivity index (χ4n) is 2.36. The second-order valence-corrected chi connectivity index (χ2v) is 5.58. The summed E-state index contributed by atoms with van der Waals surface area (Å²) in [6, 6.07) is 3.09. The molecule has 1 saturated heterocycles. The topological polar surface area (TPSA) is 91.8 Å². The summed E-state index contributed by atoms with van der Waals surface area (Å²) in [5, 5.41) is 11.8. The Morgan fingerprint density at radius 3 is 2.95 bits per heavy atom. The van der Waals surface area contributed by atoms with Crippen LogP contribution in [-0.2, 0) is 4.79 Å². The Morgan fingerprint density at radius 1 is 1.50 bits per heavy atom. The first-order valence-corrected chi connectivity index (χ1v) is 7.37. The van der Waals surface area contributed by atoms with Crippen molar-refractivity contribution >= 4 is 17.7 Å². The molecule has 2 amide bonds. The molecule has 120 valence electrons. The van der Waals surface area contributed by atoms with Gasteiger partial charge < -0.3 is 20.1 Å². The molecule has 0 radical (unpaired) electrons. The minimum absolute atomic E-state index is 0.0584. The highest BCUT2D eigenvalue weighted by atomic mass is 16.5. The van der Waals surface area contributed by atoms with Crippen molar-refractivity contribution in [3.8, 4) is 5.88 Å². The third-order valence-corrected chi connectivity index (χ3v) is 3.42. The number of amides is 2. The number of nitrogens with zero attached hydrogens (tertiary/aromatic N) is 2. The van der Waals surface area contributed by atoms with E-state index in [-0.39, 0.29) is 18.7 Å². The van der Waals surface area contributed by atoms with Crippen LogP contribution in [0.5, 0.6) is 5.88 Å². The van der Waals surface area contributed by atoms with E-state index in [1.807, 2.05) is 13.8 Å². The normalized spacial score (nSPS) is 18.1. The summed E-state index contributed by atoms with van der Waals surface area (Å²) in [5.41, 5.74) is 0.485. The molecule has 0 bridgehead atoms. The molecule has 2 N–H and O–H groups in total. The van der Waals surface area contributed by atoms with Crippen LogP contribution in [0.2, 0.25) is 0 Å². The molecule has 1 aliphatic heterocycles. The van der Waals surface area contributed by atoms with Gasteiger partial charge in [0, 0.05) is 19.3 Å². The molecule has 1 atom stereocenters. The van der Waals surface area contributed by atoms with Crippen molar-refractivity contribution in [1.82, 2.24) is 9.88 Å². The van der Waals surface area contributed by atoms with Gasteiger partial charge in [-0.25, -0.2) is 9.78 Å². The Hall–Kier alpha value is -2.31. The molecule has 1 aromatic heterocycles. The van der Waals surface area contributed by atoms with Gasteiger partial charge in [-0.3, -0.25) is 4.79 Å². The summed E-state index contributed by atoms with van der Waals surface area (Å²) in [7, 11) is 0. The maximum absolute atomic E-state index is 12.3. The molecule has 1 fully saturated rings. The van der Waals surface area contributed by atoms with E-state index in [4.69, 9.17) is 9.84 Å². The van der Waals surface area contributed by atoms with Crippen LogP contribution in [-0.4, -0.2) is 46.2 Å². The number of hydrogen-bond donors (Lipinski definition) is 2. The number of ether oxygens (including phenoxy) is 1. The number of carboxylic acid groups (broad SMARTS) is 1. The van der Waals surface area contributed by atoms with Crippen LogP contribution < -0.4 is 10.1 Å². The fourth-order valence-corrected chi connectivity index (χ4v) is 2.36. The standard InChI is InChI=1S/C15H21N3O4/c1-10(2)22-13-12(6-3-7-16-13)17-15(21)18-8-4-5-11(9-18)14(19)20/h3,6-7,10-11H,4-5,8-9H2,1-2H3,(H,17,21)(H,19,20). The summed E-state index contributed by atoms with van der Waals surface area (Å²) in [6.07, 6.45) is 2.83. The van der Waals surface area contributed by atoms with Crippen LogP contribution in [0, 0.1) is 5.92 Å². The minimum atomic E-state index is -0.859. The predicted octanol–water partition coefficient (Wildman–Crippen LogP) is 2.20. The average Bonchev–Trinajstić information content (AvgIpc) is 2.49. The maximum Gasteiger partial charge on any atom is 0.322 e. The second-order valence-electron chi connectivity index (χ2n) is 5.58. The molecule has 2 heterocycles. The van der Waals surface area contributed by atoms with Crippen LogP contribution in [0.15, 0.2) is 18.3 Å². The van der Waals surface area contributed by atoms with Crippen molar-refractivity contribution in [2.45, 2.75) is 32.8 Å². The number of hydrogen-bond acceptors (Lipinski definition) is 4. The summed E-state index contributed by atoms with van der Waals surface area (Å²) in [6.45, 7) is 4.53. The molecular weight excluding hydrogens is 286 g/mol. The molecule has 7 heteroatoms. The molecule has 2 rings (SSSR count).